The molecule has 0 aromatic carbocycles. The Labute approximate surface area is 114 Å². The van der Waals surface area contributed by atoms with Gasteiger partial charge in [0.2, 0.25) is 0 Å². The van der Waals surface area contributed by atoms with Crippen molar-refractivity contribution in [2.45, 2.75) is 25.4 Å². The number of hydrogen-bond acceptors (Lipinski definition) is 3. The third-order valence-electron chi connectivity index (χ3n) is 3.52. The number of nitrogens with one attached hydrogen (secondary N) is 1. The molecule has 0 amide bonds. The summed E-state index contributed by atoms with van der Waals surface area (Å²) in [5.41, 5.74) is -0.974. The predicted octanol–water partition coefficient (Wildman–Crippen LogP) is 3.56. The first-order valence-electron chi connectivity index (χ1n) is 6.21. The molecule has 3 nitrogen and oxygen atoms in total. The molecule has 1 fully saturated rings. The Kier molecular flexibility index (Phi) is 4.50. The number of anilines is 1. The highest BCUT2D eigenvalue weighted by atomic mass is 35.5. The van der Waals surface area contributed by atoms with Crippen molar-refractivity contribution in [3.05, 3.63) is 17.8 Å². The van der Waals surface area contributed by atoms with E-state index < -0.39 is 11.9 Å². The van der Waals surface area contributed by atoms with E-state index in [2.05, 4.69) is 15.5 Å². The van der Waals surface area contributed by atoms with Gasteiger partial charge in [0.15, 0.2) is 5.69 Å². The number of rotatable bonds is 4. The number of aromatic nitrogens is 2. The lowest BCUT2D eigenvalue weighted by molar-refractivity contribution is -0.141. The highest BCUT2D eigenvalue weighted by Gasteiger charge is 2.33. The Morgan fingerprint density at radius 3 is 2.53 bits per heavy atom. The van der Waals surface area contributed by atoms with Crippen LogP contribution in [0.25, 0.3) is 0 Å². The summed E-state index contributed by atoms with van der Waals surface area (Å²) in [6, 6.07) is 2.24. The van der Waals surface area contributed by atoms with Crippen LogP contribution in [0, 0.1) is 11.8 Å². The third-order valence-corrected chi connectivity index (χ3v) is 3.91. The fourth-order valence-corrected chi connectivity index (χ4v) is 2.81. The summed E-state index contributed by atoms with van der Waals surface area (Å²) in [7, 11) is 0. The van der Waals surface area contributed by atoms with E-state index in [1.807, 2.05) is 0 Å². The van der Waals surface area contributed by atoms with Crippen LogP contribution < -0.4 is 5.32 Å². The average molecular weight is 294 g/mol. The second-order valence-corrected chi connectivity index (χ2v) is 5.10. The van der Waals surface area contributed by atoms with Gasteiger partial charge in [0.1, 0.15) is 5.82 Å². The van der Waals surface area contributed by atoms with E-state index in [1.54, 1.807) is 0 Å². The fourth-order valence-electron chi connectivity index (χ4n) is 2.40. The van der Waals surface area contributed by atoms with Gasteiger partial charge in [-0.2, -0.15) is 13.2 Å². The average Bonchev–Trinajstić information content (AvgIpc) is 2.83. The van der Waals surface area contributed by atoms with Crippen molar-refractivity contribution in [3.63, 3.8) is 0 Å². The molecule has 0 aliphatic heterocycles. The quantitative estimate of drug-likeness (QED) is 0.863. The molecule has 0 radical (unpaired) electrons. The largest absolute Gasteiger partial charge is 0.435 e. The molecule has 2 atom stereocenters. The van der Waals surface area contributed by atoms with Crippen molar-refractivity contribution in [3.8, 4) is 0 Å². The molecule has 7 heteroatoms. The third kappa shape index (κ3) is 3.72. The molecule has 106 valence electrons. The lowest BCUT2D eigenvalue weighted by Crippen LogP contribution is -2.20. The van der Waals surface area contributed by atoms with Crippen molar-refractivity contribution in [1.82, 2.24) is 10.2 Å². The van der Waals surface area contributed by atoms with Gasteiger partial charge in [0.25, 0.3) is 0 Å². The van der Waals surface area contributed by atoms with Crippen LogP contribution in [0.3, 0.4) is 0 Å². The first-order valence-corrected chi connectivity index (χ1v) is 6.75. The Hall–Kier alpha value is -1.04. The van der Waals surface area contributed by atoms with Crippen LogP contribution in [0.2, 0.25) is 0 Å². The van der Waals surface area contributed by atoms with Gasteiger partial charge in [0, 0.05) is 12.4 Å². The Bertz CT molecular complexity index is 408. The molecule has 1 heterocycles. The summed E-state index contributed by atoms with van der Waals surface area (Å²) >= 11 is 5.87. The van der Waals surface area contributed by atoms with Crippen molar-refractivity contribution in [1.29, 1.82) is 0 Å². The minimum absolute atomic E-state index is 0.369. The molecule has 0 bridgehead atoms. The van der Waals surface area contributed by atoms with E-state index in [-0.39, 0.29) is 0 Å². The number of alkyl halides is 4. The summed E-state index contributed by atoms with van der Waals surface area (Å²) in [6.45, 7) is 0.678. The van der Waals surface area contributed by atoms with Gasteiger partial charge in [-0.1, -0.05) is 6.42 Å². The van der Waals surface area contributed by atoms with Crippen molar-refractivity contribution in [2.75, 3.05) is 17.7 Å². The molecule has 2 unspecified atom stereocenters. The molecule has 2 rings (SSSR count). The van der Waals surface area contributed by atoms with E-state index in [0.717, 1.165) is 25.3 Å². The second kappa shape index (κ2) is 5.94. The molecule has 19 heavy (non-hydrogen) atoms. The van der Waals surface area contributed by atoms with E-state index in [9.17, 15) is 13.2 Å². The molecule has 1 aliphatic rings. The maximum atomic E-state index is 12.3. The molecular weight excluding hydrogens is 279 g/mol. The molecule has 1 aromatic heterocycles. The number of halogens is 4. The Balaban J connectivity index is 1.90. The van der Waals surface area contributed by atoms with Gasteiger partial charge in [-0.25, -0.2) is 0 Å². The highest BCUT2D eigenvalue weighted by Crippen LogP contribution is 2.32. The van der Waals surface area contributed by atoms with E-state index in [4.69, 9.17) is 11.6 Å². The molecule has 1 N–H and O–H groups in total. The van der Waals surface area contributed by atoms with E-state index in [1.165, 1.54) is 6.07 Å². The normalized spacial score (nSPS) is 23.6. The van der Waals surface area contributed by atoms with Gasteiger partial charge in [-0.15, -0.1) is 21.8 Å². The maximum Gasteiger partial charge on any atom is 0.435 e. The monoisotopic (exact) mass is 293 g/mol. The molecule has 0 saturated heterocycles. The van der Waals surface area contributed by atoms with Crippen LogP contribution in [0.4, 0.5) is 19.0 Å². The highest BCUT2D eigenvalue weighted by molar-refractivity contribution is 6.18. The van der Waals surface area contributed by atoms with Gasteiger partial charge in [-0.3, -0.25) is 0 Å². The van der Waals surface area contributed by atoms with Crippen LogP contribution >= 0.6 is 11.6 Å². The van der Waals surface area contributed by atoms with E-state index >= 15 is 0 Å². The van der Waals surface area contributed by atoms with E-state index in [0.29, 0.717) is 30.1 Å². The lowest BCUT2D eigenvalue weighted by Gasteiger charge is -2.17. The second-order valence-electron chi connectivity index (χ2n) is 4.79. The minimum atomic E-state index is -4.44. The summed E-state index contributed by atoms with van der Waals surface area (Å²) in [6.07, 6.45) is -1.07. The van der Waals surface area contributed by atoms with Crippen molar-refractivity contribution >= 4 is 17.4 Å². The zero-order chi connectivity index (χ0) is 13.9. The number of nitrogens with zero attached hydrogens (tertiary/aromatic N) is 2. The fraction of sp³-hybridized carbons (Fsp3) is 0.667. The molecule has 1 saturated carbocycles. The van der Waals surface area contributed by atoms with Crippen molar-refractivity contribution in [2.24, 2.45) is 11.8 Å². The van der Waals surface area contributed by atoms with Gasteiger partial charge in [0.05, 0.1) is 0 Å². The Morgan fingerprint density at radius 1 is 1.21 bits per heavy atom. The maximum absolute atomic E-state index is 12.3. The van der Waals surface area contributed by atoms with Gasteiger partial charge < -0.3 is 5.32 Å². The van der Waals surface area contributed by atoms with Crippen LogP contribution in [0.1, 0.15) is 25.0 Å². The molecule has 1 aliphatic carbocycles. The van der Waals surface area contributed by atoms with Crippen molar-refractivity contribution < 1.29 is 13.2 Å². The lowest BCUT2D eigenvalue weighted by atomic mass is 9.98. The summed E-state index contributed by atoms with van der Waals surface area (Å²) in [4.78, 5) is 0. The SMILES string of the molecule is FC(F)(F)c1ccc(NCC2CCCC2CCl)nn1. The zero-order valence-corrected chi connectivity index (χ0v) is 11.0. The first-order chi connectivity index (χ1) is 9.00. The van der Waals surface area contributed by atoms with Crippen LogP contribution in [0.15, 0.2) is 12.1 Å². The molecule has 0 spiro atoms. The predicted molar refractivity (Wildman–Crippen MR) is 67.1 cm³/mol. The standard InChI is InChI=1S/C12H15ClF3N3/c13-6-8-2-1-3-9(8)7-17-11-5-4-10(18-19-11)12(14,15)16/h4-5,8-9H,1-3,6-7H2,(H,17,19). The number of hydrogen-bond donors (Lipinski definition) is 1. The topological polar surface area (TPSA) is 37.8 Å². The minimum Gasteiger partial charge on any atom is -0.368 e. The van der Waals surface area contributed by atoms with Crippen LogP contribution in [-0.4, -0.2) is 22.6 Å². The van der Waals surface area contributed by atoms with Gasteiger partial charge in [-0.05, 0) is 36.8 Å². The molecule has 1 aromatic rings. The summed E-state index contributed by atoms with van der Waals surface area (Å²) in [5.74, 6) is 1.94. The zero-order valence-electron chi connectivity index (χ0n) is 10.3. The first kappa shape index (κ1) is 14.4. The molecular formula is C12H15ClF3N3. The smallest absolute Gasteiger partial charge is 0.368 e. The Morgan fingerprint density at radius 2 is 1.95 bits per heavy atom. The van der Waals surface area contributed by atoms with Crippen LogP contribution in [-0.2, 0) is 6.18 Å². The summed E-state index contributed by atoms with van der Waals surface area (Å²) < 4.78 is 36.9. The van der Waals surface area contributed by atoms with Gasteiger partial charge >= 0.3 is 6.18 Å². The summed E-state index contributed by atoms with van der Waals surface area (Å²) in [5, 5.41) is 9.74. The van der Waals surface area contributed by atoms with Crippen LogP contribution in [0.5, 0.6) is 0 Å².